The van der Waals surface area contributed by atoms with Crippen LogP contribution in [0.25, 0.3) is 11.0 Å². The van der Waals surface area contributed by atoms with Gasteiger partial charge in [0.2, 0.25) is 0 Å². The fourth-order valence-corrected chi connectivity index (χ4v) is 3.35. The number of fused-ring (bicyclic) bond motifs is 1. The van der Waals surface area contributed by atoms with Crippen molar-refractivity contribution in [3.63, 3.8) is 0 Å². The summed E-state index contributed by atoms with van der Waals surface area (Å²) in [5.41, 5.74) is 2.21. The van der Waals surface area contributed by atoms with E-state index in [-0.39, 0.29) is 0 Å². The summed E-state index contributed by atoms with van der Waals surface area (Å²) in [7, 11) is 0. The molecule has 1 aromatic heterocycles. The summed E-state index contributed by atoms with van der Waals surface area (Å²) < 4.78 is 0. The Morgan fingerprint density at radius 3 is 2.77 bits per heavy atom. The molecule has 2 N–H and O–H groups in total. The average Bonchev–Trinajstić information content (AvgIpc) is 2.91. The van der Waals surface area contributed by atoms with Crippen LogP contribution in [-0.4, -0.2) is 47.1 Å². The predicted octanol–water partition coefficient (Wildman–Crippen LogP) is 2.82. The van der Waals surface area contributed by atoms with Crippen molar-refractivity contribution >= 4 is 11.0 Å². The number of para-hydroxylation sites is 2. The highest BCUT2D eigenvalue weighted by atomic mass is 15.1. The number of H-pyrrole nitrogens is 1. The van der Waals surface area contributed by atoms with Crippen molar-refractivity contribution in [2.75, 3.05) is 26.2 Å². The largest absolute Gasteiger partial charge is 0.342 e. The third-order valence-electron chi connectivity index (χ3n) is 4.44. The number of nitrogens with one attached hydrogen (secondary N) is 2. The van der Waals surface area contributed by atoms with Crippen molar-refractivity contribution in [1.29, 1.82) is 0 Å². The molecule has 0 aliphatic carbocycles. The molecule has 1 fully saturated rings. The van der Waals surface area contributed by atoms with Crippen molar-refractivity contribution in [3.8, 4) is 0 Å². The Balaban J connectivity index is 1.40. The first-order valence-electron chi connectivity index (χ1n) is 8.60. The summed E-state index contributed by atoms with van der Waals surface area (Å²) in [5.74, 6) is 1.86. The second kappa shape index (κ2) is 7.25. The zero-order valence-corrected chi connectivity index (χ0v) is 13.8. The zero-order valence-electron chi connectivity index (χ0n) is 13.8. The van der Waals surface area contributed by atoms with E-state index >= 15 is 0 Å². The van der Waals surface area contributed by atoms with Gasteiger partial charge in [0.15, 0.2) is 0 Å². The molecule has 2 heterocycles. The Hall–Kier alpha value is -1.39. The fraction of sp³-hybridized carbons (Fsp3) is 0.611. The maximum atomic E-state index is 4.64. The van der Waals surface area contributed by atoms with Crippen molar-refractivity contribution in [2.45, 2.75) is 39.2 Å². The van der Waals surface area contributed by atoms with Gasteiger partial charge in [-0.1, -0.05) is 26.0 Å². The number of aromatic nitrogens is 2. The molecule has 120 valence electrons. The maximum absolute atomic E-state index is 4.64. The molecule has 0 unspecified atom stereocenters. The smallest absolute Gasteiger partial charge is 0.108 e. The first-order valence-corrected chi connectivity index (χ1v) is 8.60. The number of rotatable bonds is 6. The fourth-order valence-electron chi connectivity index (χ4n) is 3.35. The number of aromatic amines is 1. The summed E-state index contributed by atoms with van der Waals surface area (Å²) >= 11 is 0. The minimum Gasteiger partial charge on any atom is -0.342 e. The molecular weight excluding hydrogens is 272 g/mol. The third kappa shape index (κ3) is 4.08. The molecule has 1 aromatic carbocycles. The second-order valence-electron chi connectivity index (χ2n) is 6.87. The minimum absolute atomic E-state index is 0.674. The molecule has 4 nitrogen and oxygen atoms in total. The summed E-state index contributed by atoms with van der Waals surface area (Å²) in [4.78, 5) is 10.6. The maximum Gasteiger partial charge on any atom is 0.108 e. The zero-order chi connectivity index (χ0) is 15.4. The number of hydrogen-bond acceptors (Lipinski definition) is 3. The Morgan fingerprint density at radius 1 is 1.27 bits per heavy atom. The first-order chi connectivity index (χ1) is 10.7. The number of nitrogens with zero attached hydrogens (tertiary/aromatic N) is 2. The van der Waals surface area contributed by atoms with Gasteiger partial charge in [0.1, 0.15) is 5.82 Å². The van der Waals surface area contributed by atoms with Gasteiger partial charge >= 0.3 is 0 Å². The quantitative estimate of drug-likeness (QED) is 0.862. The van der Waals surface area contributed by atoms with Crippen LogP contribution in [-0.2, 0) is 6.42 Å². The van der Waals surface area contributed by atoms with Crippen molar-refractivity contribution in [1.82, 2.24) is 20.2 Å². The van der Waals surface area contributed by atoms with Crippen LogP contribution < -0.4 is 5.32 Å². The van der Waals surface area contributed by atoms with Crippen LogP contribution in [0.3, 0.4) is 0 Å². The van der Waals surface area contributed by atoms with Gasteiger partial charge in [-0.25, -0.2) is 4.98 Å². The topological polar surface area (TPSA) is 44.0 Å². The number of likely N-dealkylation sites (tertiary alicyclic amines) is 1. The molecule has 3 rings (SSSR count). The van der Waals surface area contributed by atoms with E-state index in [9.17, 15) is 0 Å². The highest BCUT2D eigenvalue weighted by molar-refractivity contribution is 5.74. The number of benzene rings is 1. The molecule has 4 heteroatoms. The van der Waals surface area contributed by atoms with Crippen LogP contribution in [0.1, 0.15) is 32.5 Å². The SMILES string of the molecule is CC(C)CN1CCC(NCCc2nc3ccccc3[nH]2)CC1. The lowest BCUT2D eigenvalue weighted by Crippen LogP contribution is -2.44. The van der Waals surface area contributed by atoms with Crippen LogP contribution in [0.4, 0.5) is 0 Å². The monoisotopic (exact) mass is 300 g/mol. The van der Waals surface area contributed by atoms with Crippen LogP contribution in [0.2, 0.25) is 0 Å². The van der Waals surface area contributed by atoms with E-state index in [1.54, 1.807) is 0 Å². The van der Waals surface area contributed by atoms with E-state index in [0.717, 1.165) is 35.7 Å². The van der Waals surface area contributed by atoms with Crippen molar-refractivity contribution < 1.29 is 0 Å². The molecule has 0 bridgehead atoms. The molecule has 0 radical (unpaired) electrons. The van der Waals surface area contributed by atoms with E-state index in [1.807, 2.05) is 12.1 Å². The standard InChI is InChI=1S/C18H28N4/c1-14(2)13-22-11-8-15(9-12-22)19-10-7-18-20-16-5-3-4-6-17(16)21-18/h3-6,14-15,19H,7-13H2,1-2H3,(H,20,21). The van der Waals surface area contributed by atoms with Crippen LogP contribution in [0.5, 0.6) is 0 Å². The summed E-state index contributed by atoms with van der Waals surface area (Å²) in [5, 5.41) is 3.70. The minimum atomic E-state index is 0.674. The van der Waals surface area contributed by atoms with Gasteiger partial charge in [0.05, 0.1) is 11.0 Å². The Bertz CT molecular complexity index is 549. The van der Waals surface area contributed by atoms with Gasteiger partial charge in [-0.15, -0.1) is 0 Å². The van der Waals surface area contributed by atoms with Gasteiger partial charge in [0.25, 0.3) is 0 Å². The molecule has 2 aromatic rings. The molecule has 0 amide bonds. The first kappa shape index (κ1) is 15.5. The lowest BCUT2D eigenvalue weighted by molar-refractivity contribution is 0.180. The number of piperidine rings is 1. The highest BCUT2D eigenvalue weighted by Gasteiger charge is 2.18. The third-order valence-corrected chi connectivity index (χ3v) is 4.44. The molecule has 0 atom stereocenters. The van der Waals surface area contributed by atoms with Gasteiger partial charge in [-0.3, -0.25) is 0 Å². The molecule has 1 aliphatic heterocycles. The second-order valence-corrected chi connectivity index (χ2v) is 6.87. The average molecular weight is 300 g/mol. The molecule has 1 aliphatic rings. The van der Waals surface area contributed by atoms with Crippen LogP contribution in [0.15, 0.2) is 24.3 Å². The van der Waals surface area contributed by atoms with E-state index in [2.05, 4.69) is 46.2 Å². The van der Waals surface area contributed by atoms with Crippen molar-refractivity contribution in [2.24, 2.45) is 5.92 Å². The van der Waals surface area contributed by atoms with Gasteiger partial charge in [-0.2, -0.15) is 0 Å². The van der Waals surface area contributed by atoms with E-state index in [4.69, 9.17) is 0 Å². The van der Waals surface area contributed by atoms with E-state index in [0.29, 0.717) is 6.04 Å². The normalized spacial score (nSPS) is 17.6. The van der Waals surface area contributed by atoms with Crippen LogP contribution >= 0.6 is 0 Å². The highest BCUT2D eigenvalue weighted by Crippen LogP contribution is 2.13. The van der Waals surface area contributed by atoms with E-state index in [1.165, 1.54) is 32.5 Å². The summed E-state index contributed by atoms with van der Waals surface area (Å²) in [6.07, 6.45) is 3.51. The molecule has 0 saturated carbocycles. The Kier molecular flexibility index (Phi) is 5.11. The predicted molar refractivity (Wildman–Crippen MR) is 92.1 cm³/mol. The lowest BCUT2D eigenvalue weighted by atomic mass is 10.0. The molecule has 1 saturated heterocycles. The molecular formula is C18H28N4. The molecule has 22 heavy (non-hydrogen) atoms. The van der Waals surface area contributed by atoms with E-state index < -0.39 is 0 Å². The number of imidazole rings is 1. The van der Waals surface area contributed by atoms with Gasteiger partial charge in [-0.05, 0) is 44.0 Å². The summed E-state index contributed by atoms with van der Waals surface area (Å²) in [6.45, 7) is 9.33. The summed E-state index contributed by atoms with van der Waals surface area (Å²) in [6, 6.07) is 8.91. The van der Waals surface area contributed by atoms with Crippen molar-refractivity contribution in [3.05, 3.63) is 30.1 Å². The molecule has 0 spiro atoms. The van der Waals surface area contributed by atoms with Gasteiger partial charge < -0.3 is 15.2 Å². The Labute approximate surface area is 133 Å². The van der Waals surface area contributed by atoms with Gasteiger partial charge in [0, 0.05) is 25.6 Å². The van der Waals surface area contributed by atoms with Crippen LogP contribution in [0, 0.1) is 5.92 Å². The lowest BCUT2D eigenvalue weighted by Gasteiger charge is -2.33. The Morgan fingerprint density at radius 2 is 2.05 bits per heavy atom. The number of hydrogen-bond donors (Lipinski definition) is 2.